The van der Waals surface area contributed by atoms with Crippen LogP contribution in [0.25, 0.3) is 6.08 Å². The highest BCUT2D eigenvalue weighted by atomic mass is 16.5. The molecule has 1 unspecified atom stereocenters. The zero-order chi connectivity index (χ0) is 30.6. The Hall–Kier alpha value is -4.63. The molecule has 0 radical (unpaired) electrons. The van der Waals surface area contributed by atoms with Crippen molar-refractivity contribution >= 4 is 23.8 Å². The van der Waals surface area contributed by atoms with Gasteiger partial charge in [0.2, 0.25) is 11.8 Å². The number of nitrogens with two attached hydrogens (primary N) is 2. The number of amides is 2. The van der Waals surface area contributed by atoms with Gasteiger partial charge in [0.15, 0.2) is 5.96 Å². The van der Waals surface area contributed by atoms with Crippen molar-refractivity contribution in [3.8, 4) is 5.75 Å². The van der Waals surface area contributed by atoms with Gasteiger partial charge >= 0.3 is 0 Å². The van der Waals surface area contributed by atoms with E-state index in [0.29, 0.717) is 38.2 Å². The first kappa shape index (κ1) is 31.3. The molecule has 6 N–H and O–H groups in total. The Morgan fingerprint density at radius 3 is 2.28 bits per heavy atom. The van der Waals surface area contributed by atoms with Crippen molar-refractivity contribution in [1.82, 2.24) is 15.5 Å². The number of carbonyl (C=O) groups excluding carboxylic acids is 2. The number of guanidine groups is 1. The molecule has 0 spiro atoms. The SMILES string of the molecule is CCC(N=C(N)N)[C@@H]1N[C@H](CNC(=O)/C=C/c2ccccc2OC)CCN(CC(c2ccccc2)c2ccccc2)C1=O. The third-order valence-corrected chi connectivity index (χ3v) is 7.74. The quantitative estimate of drug-likeness (QED) is 0.147. The van der Waals surface area contributed by atoms with Gasteiger partial charge in [0, 0.05) is 43.2 Å². The Balaban J connectivity index is 1.53. The lowest BCUT2D eigenvalue weighted by molar-refractivity contribution is -0.133. The van der Waals surface area contributed by atoms with Gasteiger partial charge in [-0.1, -0.05) is 85.8 Å². The van der Waals surface area contributed by atoms with Crippen molar-refractivity contribution in [3.63, 3.8) is 0 Å². The molecule has 3 aromatic carbocycles. The summed E-state index contributed by atoms with van der Waals surface area (Å²) < 4.78 is 5.36. The summed E-state index contributed by atoms with van der Waals surface area (Å²) in [6.07, 6.45) is 4.42. The number of benzene rings is 3. The van der Waals surface area contributed by atoms with Crippen molar-refractivity contribution < 1.29 is 14.3 Å². The molecule has 2 amide bonds. The smallest absolute Gasteiger partial charge is 0.244 e. The Morgan fingerprint density at radius 1 is 1.05 bits per heavy atom. The second-order valence-electron chi connectivity index (χ2n) is 10.6. The van der Waals surface area contributed by atoms with Crippen molar-refractivity contribution in [1.29, 1.82) is 0 Å². The van der Waals surface area contributed by atoms with Crippen LogP contribution in [0.3, 0.4) is 0 Å². The molecule has 3 aromatic rings. The molecule has 0 saturated carbocycles. The molecule has 0 bridgehead atoms. The number of nitrogens with one attached hydrogen (secondary N) is 2. The maximum absolute atomic E-state index is 14.1. The first-order valence-electron chi connectivity index (χ1n) is 14.7. The van der Waals surface area contributed by atoms with E-state index in [4.69, 9.17) is 16.2 Å². The third kappa shape index (κ3) is 8.68. The zero-order valence-corrected chi connectivity index (χ0v) is 24.9. The molecule has 4 rings (SSSR count). The highest BCUT2D eigenvalue weighted by Gasteiger charge is 2.37. The maximum Gasteiger partial charge on any atom is 0.244 e. The number of ether oxygens (including phenoxy) is 1. The first-order chi connectivity index (χ1) is 20.9. The lowest BCUT2D eigenvalue weighted by Gasteiger charge is -2.31. The van der Waals surface area contributed by atoms with Crippen LogP contribution in [0.5, 0.6) is 5.75 Å². The molecule has 1 aliphatic rings. The third-order valence-electron chi connectivity index (χ3n) is 7.74. The summed E-state index contributed by atoms with van der Waals surface area (Å²) in [4.78, 5) is 33.2. The fourth-order valence-corrected chi connectivity index (χ4v) is 5.48. The van der Waals surface area contributed by atoms with Crippen molar-refractivity contribution in [2.75, 3.05) is 26.7 Å². The summed E-state index contributed by atoms with van der Waals surface area (Å²) in [5.41, 5.74) is 14.6. The van der Waals surface area contributed by atoms with Crippen molar-refractivity contribution in [2.45, 2.75) is 43.8 Å². The van der Waals surface area contributed by atoms with E-state index < -0.39 is 12.1 Å². The van der Waals surface area contributed by atoms with Gasteiger partial charge < -0.3 is 26.4 Å². The van der Waals surface area contributed by atoms with Gasteiger partial charge in [-0.05, 0) is 36.1 Å². The lowest BCUT2D eigenvalue weighted by Crippen LogP contribution is -2.54. The van der Waals surface area contributed by atoms with Gasteiger partial charge in [0.1, 0.15) is 11.8 Å². The summed E-state index contributed by atoms with van der Waals surface area (Å²) in [7, 11) is 1.60. The normalized spacial score (nSPS) is 17.8. The van der Waals surface area contributed by atoms with Crippen LogP contribution in [-0.4, -0.2) is 67.5 Å². The maximum atomic E-state index is 14.1. The first-order valence-corrected chi connectivity index (χ1v) is 14.7. The molecule has 226 valence electrons. The molecule has 43 heavy (non-hydrogen) atoms. The molecule has 1 fully saturated rings. The van der Waals surface area contributed by atoms with Gasteiger partial charge in [0.25, 0.3) is 0 Å². The van der Waals surface area contributed by atoms with Crippen LogP contribution < -0.4 is 26.8 Å². The molecule has 1 saturated heterocycles. The van der Waals surface area contributed by atoms with Crippen LogP contribution in [-0.2, 0) is 9.59 Å². The van der Waals surface area contributed by atoms with E-state index in [2.05, 4.69) is 39.9 Å². The van der Waals surface area contributed by atoms with Crippen LogP contribution >= 0.6 is 0 Å². The van der Waals surface area contributed by atoms with E-state index in [1.165, 1.54) is 6.08 Å². The minimum absolute atomic E-state index is 0.00785. The van der Waals surface area contributed by atoms with Crippen LogP contribution in [0, 0.1) is 0 Å². The summed E-state index contributed by atoms with van der Waals surface area (Å²) in [6.45, 7) is 3.32. The Labute approximate surface area is 254 Å². The number of aliphatic imine (C=N–C) groups is 1. The summed E-state index contributed by atoms with van der Waals surface area (Å²) in [5, 5.41) is 6.47. The zero-order valence-electron chi connectivity index (χ0n) is 24.9. The number of rotatable bonds is 12. The largest absolute Gasteiger partial charge is 0.496 e. The average Bonchev–Trinajstić information content (AvgIpc) is 3.19. The number of para-hydroxylation sites is 1. The van der Waals surface area contributed by atoms with E-state index in [1.54, 1.807) is 13.2 Å². The number of nitrogens with zero attached hydrogens (tertiary/aromatic N) is 2. The van der Waals surface area contributed by atoms with Gasteiger partial charge in [-0.3, -0.25) is 14.9 Å². The monoisotopic (exact) mass is 582 g/mol. The molecule has 1 aliphatic heterocycles. The molecule has 1 heterocycles. The van der Waals surface area contributed by atoms with Crippen molar-refractivity contribution in [3.05, 3.63) is 108 Å². The van der Waals surface area contributed by atoms with Crippen LogP contribution in [0.2, 0.25) is 0 Å². The minimum atomic E-state index is -0.646. The highest BCUT2D eigenvalue weighted by molar-refractivity contribution is 5.92. The molecule has 9 heteroatoms. The Bertz CT molecular complexity index is 1350. The van der Waals surface area contributed by atoms with E-state index in [-0.39, 0.29) is 29.7 Å². The molecule has 3 atom stereocenters. The molecule has 9 nitrogen and oxygen atoms in total. The average molecular weight is 583 g/mol. The van der Waals surface area contributed by atoms with E-state index in [0.717, 1.165) is 16.7 Å². The van der Waals surface area contributed by atoms with E-state index >= 15 is 0 Å². The molecule has 0 aliphatic carbocycles. The fraction of sp³-hybridized carbons (Fsp3) is 0.324. The van der Waals surface area contributed by atoms with Gasteiger partial charge in [-0.15, -0.1) is 0 Å². The second-order valence-corrected chi connectivity index (χ2v) is 10.6. The van der Waals surface area contributed by atoms with E-state index in [1.807, 2.05) is 72.5 Å². The van der Waals surface area contributed by atoms with Crippen molar-refractivity contribution in [2.24, 2.45) is 16.5 Å². The van der Waals surface area contributed by atoms with E-state index in [9.17, 15) is 9.59 Å². The van der Waals surface area contributed by atoms with Crippen LogP contribution in [0.15, 0.2) is 96.0 Å². The summed E-state index contributed by atoms with van der Waals surface area (Å²) in [5.74, 6) is 0.328. The molecular formula is C34H42N6O3. The minimum Gasteiger partial charge on any atom is -0.496 e. The van der Waals surface area contributed by atoms with Gasteiger partial charge in [-0.2, -0.15) is 0 Å². The topological polar surface area (TPSA) is 135 Å². The highest BCUT2D eigenvalue weighted by Crippen LogP contribution is 2.27. The van der Waals surface area contributed by atoms with Gasteiger partial charge in [-0.25, -0.2) is 4.99 Å². The molecular weight excluding hydrogens is 540 g/mol. The number of methoxy groups -OCH3 is 1. The Kier molecular flexibility index (Phi) is 11.3. The van der Waals surface area contributed by atoms with Gasteiger partial charge in [0.05, 0.1) is 13.2 Å². The fourth-order valence-electron chi connectivity index (χ4n) is 5.48. The predicted molar refractivity (Wildman–Crippen MR) is 172 cm³/mol. The molecule has 0 aromatic heterocycles. The predicted octanol–water partition coefficient (Wildman–Crippen LogP) is 3.27. The van der Waals surface area contributed by atoms with Crippen LogP contribution in [0.4, 0.5) is 0 Å². The standard InChI is InChI=1S/C34H42N6O3/c1-3-29(39-34(35)36)32-33(42)40(23-28(24-12-6-4-7-13-24)25-14-8-5-9-15-25)21-20-27(38-32)22-37-31(41)19-18-26-16-10-11-17-30(26)43-2/h4-19,27-29,32,38H,3,20-23H2,1-2H3,(H,37,41)(H4,35,36,39)/b19-18+/t27-,29?,32-/m0/s1. The number of hydrogen-bond donors (Lipinski definition) is 4. The lowest BCUT2D eigenvalue weighted by atomic mass is 9.90. The summed E-state index contributed by atoms with van der Waals surface area (Å²) in [6, 6.07) is 26.7. The Morgan fingerprint density at radius 2 is 1.67 bits per heavy atom. The number of carbonyl (C=O) groups is 2. The number of hydrogen-bond acceptors (Lipinski definition) is 5. The van der Waals surface area contributed by atoms with Crippen LogP contribution in [0.1, 0.15) is 42.4 Å². The summed E-state index contributed by atoms with van der Waals surface area (Å²) >= 11 is 0. The second kappa shape index (κ2) is 15.6.